The van der Waals surface area contributed by atoms with E-state index in [1.54, 1.807) is 35.3 Å². The Morgan fingerprint density at radius 2 is 1.92 bits per heavy atom. The lowest BCUT2D eigenvalue weighted by atomic mass is 10.2. The maximum atomic E-state index is 13.3. The van der Waals surface area contributed by atoms with Crippen LogP contribution < -0.4 is 4.72 Å². The van der Waals surface area contributed by atoms with Crippen molar-refractivity contribution in [3.8, 4) is 0 Å². The Balaban J connectivity index is 1.82. The van der Waals surface area contributed by atoms with Gasteiger partial charge in [-0.05, 0) is 51.8 Å². The number of nitrogens with one attached hydrogen (secondary N) is 1. The molecule has 3 aromatic rings. The van der Waals surface area contributed by atoms with Crippen LogP contribution in [0.4, 0.5) is 14.5 Å². The second-order valence-corrected chi connectivity index (χ2v) is 7.84. The van der Waals surface area contributed by atoms with Crippen LogP contribution in [-0.2, 0) is 16.6 Å². The van der Waals surface area contributed by atoms with Crippen LogP contribution in [-0.4, -0.2) is 18.2 Å². The van der Waals surface area contributed by atoms with Gasteiger partial charge in [0.1, 0.15) is 0 Å². The minimum Gasteiger partial charge on any atom is -0.280 e. The second kappa shape index (κ2) is 6.93. The molecule has 0 saturated carbocycles. The first-order chi connectivity index (χ1) is 11.8. The predicted molar refractivity (Wildman–Crippen MR) is 92.6 cm³/mol. The van der Waals surface area contributed by atoms with Gasteiger partial charge in [-0.15, -0.1) is 0 Å². The van der Waals surface area contributed by atoms with Gasteiger partial charge >= 0.3 is 0 Å². The molecular formula is C16H12BrF2N3O2S. The highest BCUT2D eigenvalue weighted by Gasteiger charge is 2.16. The van der Waals surface area contributed by atoms with Crippen LogP contribution in [0.2, 0.25) is 0 Å². The van der Waals surface area contributed by atoms with Crippen LogP contribution in [0.3, 0.4) is 0 Å². The van der Waals surface area contributed by atoms with Crippen LogP contribution in [0.1, 0.15) is 5.56 Å². The standard InChI is InChI=1S/C16H12BrF2N3O2S/c17-12-8-20-22(10-12)9-11-2-1-3-13(6-11)21-25(23,24)14-4-5-15(18)16(19)7-14/h1-8,10,21H,9H2. The topological polar surface area (TPSA) is 64.0 Å². The molecule has 0 radical (unpaired) electrons. The second-order valence-electron chi connectivity index (χ2n) is 5.24. The Morgan fingerprint density at radius 1 is 1.12 bits per heavy atom. The molecule has 130 valence electrons. The van der Waals surface area contributed by atoms with Crippen molar-refractivity contribution in [1.82, 2.24) is 9.78 Å². The number of halogens is 3. The van der Waals surface area contributed by atoms with Crippen molar-refractivity contribution in [3.05, 3.63) is 76.5 Å². The van der Waals surface area contributed by atoms with Gasteiger partial charge in [-0.25, -0.2) is 17.2 Å². The first kappa shape index (κ1) is 17.6. The van der Waals surface area contributed by atoms with Gasteiger partial charge < -0.3 is 0 Å². The number of rotatable bonds is 5. The predicted octanol–water partition coefficient (Wildman–Crippen LogP) is 3.77. The summed E-state index contributed by atoms with van der Waals surface area (Å²) in [5, 5.41) is 4.13. The van der Waals surface area contributed by atoms with Gasteiger partial charge in [0.25, 0.3) is 10.0 Å². The number of hydrogen-bond donors (Lipinski definition) is 1. The molecule has 0 fully saturated rings. The average Bonchev–Trinajstić information content (AvgIpc) is 2.95. The number of hydrogen-bond acceptors (Lipinski definition) is 3. The van der Waals surface area contributed by atoms with E-state index in [-0.39, 0.29) is 4.90 Å². The van der Waals surface area contributed by atoms with Crippen molar-refractivity contribution in [3.63, 3.8) is 0 Å². The number of benzene rings is 2. The van der Waals surface area contributed by atoms with Gasteiger partial charge in [-0.1, -0.05) is 12.1 Å². The Labute approximate surface area is 151 Å². The molecule has 9 heteroatoms. The quantitative estimate of drug-likeness (QED) is 0.673. The number of nitrogens with zero attached hydrogens (tertiary/aromatic N) is 2. The molecule has 0 bridgehead atoms. The van der Waals surface area contributed by atoms with Crippen LogP contribution in [0.25, 0.3) is 0 Å². The van der Waals surface area contributed by atoms with Crippen LogP contribution >= 0.6 is 15.9 Å². The molecule has 0 aliphatic heterocycles. The molecule has 0 aliphatic rings. The number of anilines is 1. The molecule has 0 spiro atoms. The fraction of sp³-hybridized carbons (Fsp3) is 0.0625. The van der Waals surface area contributed by atoms with Crippen molar-refractivity contribution in [2.24, 2.45) is 0 Å². The number of sulfonamides is 1. The van der Waals surface area contributed by atoms with Crippen LogP contribution in [0, 0.1) is 11.6 Å². The van der Waals surface area contributed by atoms with E-state index in [0.717, 1.165) is 22.2 Å². The molecule has 1 heterocycles. The summed E-state index contributed by atoms with van der Waals surface area (Å²) in [5.74, 6) is -2.33. The summed E-state index contributed by atoms with van der Waals surface area (Å²) in [7, 11) is -4.02. The molecule has 0 saturated heterocycles. The third kappa shape index (κ3) is 4.23. The molecule has 0 amide bonds. The molecule has 0 atom stereocenters. The average molecular weight is 428 g/mol. The summed E-state index contributed by atoms with van der Waals surface area (Å²) < 4.78 is 55.8. The molecule has 2 aromatic carbocycles. The maximum absolute atomic E-state index is 13.3. The Kier molecular flexibility index (Phi) is 4.87. The van der Waals surface area contributed by atoms with E-state index in [1.165, 1.54) is 0 Å². The number of aromatic nitrogens is 2. The van der Waals surface area contributed by atoms with Gasteiger partial charge in [0, 0.05) is 11.9 Å². The van der Waals surface area contributed by atoms with Crippen molar-refractivity contribution in [1.29, 1.82) is 0 Å². The van der Waals surface area contributed by atoms with E-state index < -0.39 is 21.7 Å². The minimum atomic E-state index is -4.02. The summed E-state index contributed by atoms with van der Waals surface area (Å²) in [6.07, 6.45) is 3.44. The fourth-order valence-electron chi connectivity index (χ4n) is 2.20. The molecular weight excluding hydrogens is 416 g/mol. The molecule has 5 nitrogen and oxygen atoms in total. The summed E-state index contributed by atoms with van der Waals surface area (Å²) in [4.78, 5) is -0.354. The largest absolute Gasteiger partial charge is 0.280 e. The Hall–Kier alpha value is -2.26. The first-order valence-corrected chi connectivity index (χ1v) is 9.36. The third-order valence-corrected chi connectivity index (χ3v) is 5.12. The molecule has 3 rings (SSSR count). The summed E-state index contributed by atoms with van der Waals surface area (Å²) in [6.45, 7) is 0.451. The maximum Gasteiger partial charge on any atom is 0.261 e. The lowest BCUT2D eigenvalue weighted by molar-refractivity contribution is 0.504. The molecule has 0 aliphatic carbocycles. The normalized spacial score (nSPS) is 11.5. The Bertz CT molecular complexity index is 1020. The van der Waals surface area contributed by atoms with Crippen molar-refractivity contribution in [2.45, 2.75) is 11.4 Å². The monoisotopic (exact) mass is 427 g/mol. The lowest BCUT2D eigenvalue weighted by Crippen LogP contribution is -2.13. The minimum absolute atomic E-state index is 0.313. The third-order valence-electron chi connectivity index (χ3n) is 3.33. The summed E-state index contributed by atoms with van der Waals surface area (Å²) in [5.41, 5.74) is 1.13. The van der Waals surface area contributed by atoms with Crippen molar-refractivity contribution in [2.75, 3.05) is 4.72 Å². The highest BCUT2D eigenvalue weighted by molar-refractivity contribution is 9.10. The molecule has 1 aromatic heterocycles. The van der Waals surface area contributed by atoms with Gasteiger partial charge in [-0.2, -0.15) is 5.10 Å². The fourth-order valence-corrected chi connectivity index (χ4v) is 3.59. The van der Waals surface area contributed by atoms with Gasteiger partial charge in [0.15, 0.2) is 11.6 Å². The molecule has 0 unspecified atom stereocenters. The smallest absolute Gasteiger partial charge is 0.261 e. The zero-order valence-corrected chi connectivity index (χ0v) is 15.1. The highest BCUT2D eigenvalue weighted by atomic mass is 79.9. The lowest BCUT2D eigenvalue weighted by Gasteiger charge is -2.10. The first-order valence-electron chi connectivity index (χ1n) is 7.08. The van der Waals surface area contributed by atoms with Crippen molar-refractivity contribution >= 4 is 31.6 Å². The SMILES string of the molecule is O=S(=O)(Nc1cccc(Cn2cc(Br)cn2)c1)c1ccc(F)c(F)c1. The zero-order valence-electron chi connectivity index (χ0n) is 12.7. The van der Waals surface area contributed by atoms with E-state index in [9.17, 15) is 17.2 Å². The van der Waals surface area contributed by atoms with E-state index in [4.69, 9.17) is 0 Å². The van der Waals surface area contributed by atoms with E-state index >= 15 is 0 Å². The molecule has 1 N–H and O–H groups in total. The highest BCUT2D eigenvalue weighted by Crippen LogP contribution is 2.19. The van der Waals surface area contributed by atoms with E-state index in [1.807, 2.05) is 6.07 Å². The van der Waals surface area contributed by atoms with Gasteiger partial charge in [0.2, 0.25) is 0 Å². The van der Waals surface area contributed by atoms with Crippen LogP contribution in [0.15, 0.2) is 64.2 Å². The zero-order chi connectivity index (χ0) is 18.0. The Morgan fingerprint density at radius 3 is 2.60 bits per heavy atom. The molecule has 25 heavy (non-hydrogen) atoms. The van der Waals surface area contributed by atoms with Gasteiger partial charge in [-0.3, -0.25) is 9.40 Å². The van der Waals surface area contributed by atoms with E-state index in [2.05, 4.69) is 25.8 Å². The summed E-state index contributed by atoms with van der Waals surface area (Å²) >= 11 is 3.30. The van der Waals surface area contributed by atoms with Crippen molar-refractivity contribution < 1.29 is 17.2 Å². The van der Waals surface area contributed by atoms with Crippen LogP contribution in [0.5, 0.6) is 0 Å². The van der Waals surface area contributed by atoms with E-state index in [0.29, 0.717) is 18.3 Å². The van der Waals surface area contributed by atoms with Gasteiger partial charge in [0.05, 0.1) is 22.1 Å². The summed E-state index contributed by atoms with van der Waals surface area (Å²) in [6, 6.07) is 9.15.